The normalized spacial score (nSPS) is 14.1. The minimum absolute atomic E-state index is 0.448. The Bertz CT molecular complexity index is 1030. The Morgan fingerprint density at radius 3 is 2.66 bits per heavy atom. The van der Waals surface area contributed by atoms with Crippen LogP contribution in [0, 0.1) is 0 Å². The first-order valence-electron chi connectivity index (χ1n) is 9.51. The number of fused-ring (bicyclic) bond motifs is 1. The molecule has 4 nitrogen and oxygen atoms in total. The maximum Gasteiger partial charge on any atom is 0.175 e. The van der Waals surface area contributed by atoms with Crippen LogP contribution in [0.2, 0.25) is 0 Å². The highest BCUT2D eigenvalue weighted by atomic mass is 79.9. The van der Waals surface area contributed by atoms with Crippen molar-refractivity contribution in [3.63, 3.8) is 0 Å². The Balaban J connectivity index is 1.58. The van der Waals surface area contributed by atoms with Gasteiger partial charge in [-0.1, -0.05) is 54.7 Å². The third-order valence-electron chi connectivity index (χ3n) is 5.03. The topological polar surface area (TPSA) is 30.9 Å². The average molecular weight is 472 g/mol. The fourth-order valence-corrected chi connectivity index (χ4v) is 4.36. The first kappa shape index (κ1) is 20.1. The fourth-order valence-electron chi connectivity index (χ4n) is 3.50. The molecule has 1 saturated heterocycles. The van der Waals surface area contributed by atoms with Crippen molar-refractivity contribution in [3.8, 4) is 11.5 Å². The van der Waals surface area contributed by atoms with Gasteiger partial charge < -0.3 is 19.1 Å². The highest BCUT2D eigenvalue weighted by Crippen LogP contribution is 2.38. The number of thiocarbonyl (C=S) groups is 1. The van der Waals surface area contributed by atoms with E-state index in [-0.39, 0.29) is 0 Å². The largest absolute Gasteiger partial charge is 0.493 e. The summed E-state index contributed by atoms with van der Waals surface area (Å²) in [6.45, 7) is 3.45. The number of hydrogen-bond acceptors (Lipinski definition) is 4. The van der Waals surface area contributed by atoms with Gasteiger partial charge in [0.15, 0.2) is 11.5 Å². The SMILES string of the molecule is COc1cc(C(=S)N2CCOCC2)cc(Br)c1OCc1cccc2ccccc12. The van der Waals surface area contributed by atoms with Gasteiger partial charge in [0, 0.05) is 18.7 Å². The van der Waals surface area contributed by atoms with Crippen molar-refractivity contribution >= 4 is 43.9 Å². The summed E-state index contributed by atoms with van der Waals surface area (Å²) in [5.41, 5.74) is 2.06. The molecule has 0 N–H and O–H groups in total. The molecule has 0 saturated carbocycles. The molecule has 1 aliphatic rings. The number of morpholine rings is 1. The molecule has 1 aliphatic heterocycles. The molecule has 6 heteroatoms. The van der Waals surface area contributed by atoms with E-state index in [1.165, 1.54) is 10.8 Å². The lowest BCUT2D eigenvalue weighted by molar-refractivity contribution is 0.0693. The first-order valence-corrected chi connectivity index (χ1v) is 10.7. The van der Waals surface area contributed by atoms with E-state index in [2.05, 4.69) is 51.2 Å². The van der Waals surface area contributed by atoms with Crippen molar-refractivity contribution in [2.45, 2.75) is 6.61 Å². The van der Waals surface area contributed by atoms with E-state index in [4.69, 9.17) is 26.4 Å². The number of ether oxygens (including phenoxy) is 3. The van der Waals surface area contributed by atoms with E-state index < -0.39 is 0 Å². The molecule has 0 aromatic heterocycles. The van der Waals surface area contributed by atoms with Crippen molar-refractivity contribution < 1.29 is 14.2 Å². The number of rotatable bonds is 5. The highest BCUT2D eigenvalue weighted by molar-refractivity contribution is 9.10. The Labute approximate surface area is 184 Å². The summed E-state index contributed by atoms with van der Waals surface area (Å²) in [6.07, 6.45) is 0. The molecule has 0 radical (unpaired) electrons. The van der Waals surface area contributed by atoms with E-state index in [0.717, 1.165) is 33.7 Å². The molecule has 0 atom stereocenters. The Morgan fingerprint density at radius 1 is 1.10 bits per heavy atom. The summed E-state index contributed by atoms with van der Waals surface area (Å²) in [7, 11) is 1.65. The Morgan fingerprint density at radius 2 is 1.86 bits per heavy atom. The van der Waals surface area contributed by atoms with E-state index in [9.17, 15) is 0 Å². The zero-order valence-electron chi connectivity index (χ0n) is 16.2. The van der Waals surface area contributed by atoms with Gasteiger partial charge in [0.1, 0.15) is 11.6 Å². The maximum atomic E-state index is 6.18. The Hall–Kier alpha value is -2.15. The molecule has 3 aromatic carbocycles. The van der Waals surface area contributed by atoms with E-state index >= 15 is 0 Å². The molecule has 0 spiro atoms. The van der Waals surface area contributed by atoms with Crippen LogP contribution in [0.15, 0.2) is 59.1 Å². The standard InChI is InChI=1S/C23H22BrNO3S/c1-26-21-14-18(23(29)25-9-11-27-12-10-25)13-20(24)22(21)28-15-17-7-4-6-16-5-2-3-8-19(16)17/h2-8,13-14H,9-12,15H2,1H3. The van der Waals surface area contributed by atoms with Crippen LogP contribution in [0.4, 0.5) is 0 Å². The lowest BCUT2D eigenvalue weighted by Crippen LogP contribution is -2.40. The van der Waals surface area contributed by atoms with Crippen LogP contribution < -0.4 is 9.47 Å². The van der Waals surface area contributed by atoms with Gasteiger partial charge in [-0.15, -0.1) is 0 Å². The second-order valence-corrected chi connectivity index (χ2v) is 8.06. The fraction of sp³-hybridized carbons (Fsp3) is 0.261. The van der Waals surface area contributed by atoms with Crippen LogP contribution in [0.25, 0.3) is 10.8 Å². The van der Waals surface area contributed by atoms with Crippen molar-refractivity contribution in [1.82, 2.24) is 4.90 Å². The lowest BCUT2D eigenvalue weighted by Gasteiger charge is -2.29. The van der Waals surface area contributed by atoms with Gasteiger partial charge in [-0.3, -0.25) is 0 Å². The number of hydrogen-bond donors (Lipinski definition) is 0. The summed E-state index contributed by atoms with van der Waals surface area (Å²) in [5, 5.41) is 2.39. The van der Waals surface area contributed by atoms with Crippen molar-refractivity contribution in [2.75, 3.05) is 33.4 Å². The molecule has 4 rings (SSSR count). The van der Waals surface area contributed by atoms with E-state index in [1.54, 1.807) is 7.11 Å². The third-order valence-corrected chi connectivity index (χ3v) is 6.11. The number of halogens is 1. The van der Waals surface area contributed by atoms with Gasteiger partial charge >= 0.3 is 0 Å². The summed E-state index contributed by atoms with van der Waals surface area (Å²) in [6, 6.07) is 18.5. The van der Waals surface area contributed by atoms with Gasteiger partial charge in [-0.2, -0.15) is 0 Å². The van der Waals surface area contributed by atoms with Gasteiger partial charge in [0.05, 0.1) is 24.8 Å². The van der Waals surface area contributed by atoms with E-state index in [0.29, 0.717) is 31.3 Å². The highest BCUT2D eigenvalue weighted by Gasteiger charge is 2.19. The summed E-state index contributed by atoms with van der Waals surface area (Å²) in [4.78, 5) is 2.96. The van der Waals surface area contributed by atoms with Crippen LogP contribution in [0.1, 0.15) is 11.1 Å². The molecular formula is C23H22BrNO3S. The predicted octanol–water partition coefficient (Wildman–Crippen LogP) is 5.20. The molecule has 0 unspecified atom stereocenters. The minimum atomic E-state index is 0.448. The van der Waals surface area contributed by atoms with Crippen LogP contribution in [-0.2, 0) is 11.3 Å². The Kier molecular flexibility index (Phi) is 6.33. The molecule has 0 bridgehead atoms. The second-order valence-electron chi connectivity index (χ2n) is 6.82. The monoisotopic (exact) mass is 471 g/mol. The summed E-state index contributed by atoms with van der Waals surface area (Å²) < 4.78 is 18.1. The number of benzene rings is 3. The van der Waals surface area contributed by atoms with E-state index in [1.807, 2.05) is 24.3 Å². The smallest absolute Gasteiger partial charge is 0.175 e. The van der Waals surface area contributed by atoms with Crippen LogP contribution in [-0.4, -0.2) is 43.3 Å². The molecule has 0 amide bonds. The summed E-state index contributed by atoms with van der Waals surface area (Å²) in [5.74, 6) is 1.33. The number of methoxy groups -OCH3 is 1. The van der Waals surface area contributed by atoms with Gasteiger partial charge in [0.25, 0.3) is 0 Å². The minimum Gasteiger partial charge on any atom is -0.493 e. The maximum absolute atomic E-state index is 6.18. The van der Waals surface area contributed by atoms with Crippen LogP contribution in [0.5, 0.6) is 11.5 Å². The van der Waals surface area contributed by atoms with Crippen molar-refractivity contribution in [3.05, 3.63) is 70.2 Å². The molecule has 0 aliphatic carbocycles. The number of nitrogens with zero attached hydrogens (tertiary/aromatic N) is 1. The van der Waals surface area contributed by atoms with Gasteiger partial charge in [-0.05, 0) is 44.4 Å². The van der Waals surface area contributed by atoms with Crippen LogP contribution in [0.3, 0.4) is 0 Å². The predicted molar refractivity (Wildman–Crippen MR) is 123 cm³/mol. The van der Waals surface area contributed by atoms with Gasteiger partial charge in [0.2, 0.25) is 0 Å². The molecule has 150 valence electrons. The average Bonchev–Trinajstić information content (AvgIpc) is 2.77. The molecule has 29 heavy (non-hydrogen) atoms. The lowest BCUT2D eigenvalue weighted by atomic mass is 10.1. The van der Waals surface area contributed by atoms with Crippen molar-refractivity contribution in [1.29, 1.82) is 0 Å². The molecular weight excluding hydrogens is 450 g/mol. The van der Waals surface area contributed by atoms with Crippen molar-refractivity contribution in [2.24, 2.45) is 0 Å². The quantitative estimate of drug-likeness (QED) is 0.477. The second kappa shape index (κ2) is 9.11. The van der Waals surface area contributed by atoms with Crippen LogP contribution >= 0.6 is 28.1 Å². The zero-order chi connectivity index (χ0) is 20.2. The third kappa shape index (κ3) is 4.39. The molecule has 1 fully saturated rings. The summed E-state index contributed by atoms with van der Waals surface area (Å²) >= 11 is 9.34. The van der Waals surface area contributed by atoms with Gasteiger partial charge in [-0.25, -0.2) is 0 Å². The first-order chi connectivity index (χ1) is 14.2. The zero-order valence-corrected chi connectivity index (χ0v) is 18.6. The molecule has 3 aromatic rings. The molecule has 1 heterocycles.